The average molecular weight is 970 g/mol. The number of carbonyl (C=O) groups excluding carboxylic acids is 8. The van der Waals surface area contributed by atoms with E-state index in [-0.39, 0.29) is 44.0 Å². The van der Waals surface area contributed by atoms with E-state index >= 15 is 0 Å². The first-order valence-electron chi connectivity index (χ1n) is 23.1. The molecule has 8 amide bonds. The van der Waals surface area contributed by atoms with Gasteiger partial charge < -0.3 is 59.7 Å². The number of amides is 8. The number of nitro benzene ring substituents is 2. The molecule has 1 aromatic carbocycles. The summed E-state index contributed by atoms with van der Waals surface area (Å²) in [6, 6.07) is -0.210. The molecule has 0 heterocycles. The standard InChI is InChI=1S/C35H57N13O12.2C3H8.C2H6/c1-3-21(2)32(35(56)41-18-27(38)49)46-31(53)20-43-33(54)24(8-4-5-13-36)45-30(52)19-42-34(55)25(44-29(51)17-37)11-12-28(50)40-15-7-6-14-39-23-10-9-22(47(57)58)16-26(23)48(59)60;2*1-3-2;1-2/h9-10,16,21,24-25,32,39H,3-8,11-15,17-20,36-37H2,1-2H3,(H2,38,49)(H,40,50)(H,41,56)(H,42,55)(H,43,54)(H,44,51)(H,45,52)(H,46,53);2*3H2,1-2H3;1-2H3/t21?,24?,25-,32?;;;/m0.../s1. The van der Waals surface area contributed by atoms with Crippen LogP contribution in [0.25, 0.3) is 0 Å². The number of benzene rings is 1. The van der Waals surface area contributed by atoms with Gasteiger partial charge in [-0.1, -0.05) is 74.7 Å². The fourth-order valence-electron chi connectivity index (χ4n) is 5.32. The highest BCUT2D eigenvalue weighted by molar-refractivity contribution is 5.95. The van der Waals surface area contributed by atoms with Crippen LogP contribution in [0.3, 0.4) is 0 Å². The molecule has 0 saturated heterocycles. The number of carbonyl (C=O) groups is 8. The molecule has 1 rings (SSSR count). The molecule has 3 unspecified atom stereocenters. The van der Waals surface area contributed by atoms with Crippen molar-refractivity contribution in [2.24, 2.45) is 23.1 Å². The summed E-state index contributed by atoms with van der Waals surface area (Å²) >= 11 is 0. The number of rotatable bonds is 30. The van der Waals surface area contributed by atoms with Gasteiger partial charge in [0, 0.05) is 25.6 Å². The zero-order valence-corrected chi connectivity index (χ0v) is 41.1. The molecule has 14 N–H and O–H groups in total. The lowest BCUT2D eigenvalue weighted by atomic mass is 9.98. The molecule has 0 aliphatic rings. The Kier molecular flexibility index (Phi) is 39.4. The number of non-ortho nitro benzene ring substituents is 1. The number of hydrogen-bond acceptors (Lipinski definition) is 15. The van der Waals surface area contributed by atoms with Crippen molar-refractivity contribution in [3.05, 3.63) is 38.4 Å². The number of unbranched alkanes of at least 4 members (excludes halogenated alkanes) is 2. The van der Waals surface area contributed by atoms with Crippen molar-refractivity contribution < 1.29 is 48.2 Å². The number of anilines is 1. The van der Waals surface area contributed by atoms with Crippen LogP contribution in [0.15, 0.2) is 18.2 Å². The van der Waals surface area contributed by atoms with E-state index in [0.717, 1.165) is 12.1 Å². The highest BCUT2D eigenvalue weighted by Crippen LogP contribution is 2.28. The molecule has 68 heavy (non-hydrogen) atoms. The van der Waals surface area contributed by atoms with Gasteiger partial charge in [-0.2, -0.15) is 0 Å². The van der Waals surface area contributed by atoms with E-state index in [9.17, 15) is 58.6 Å². The summed E-state index contributed by atoms with van der Waals surface area (Å²) in [4.78, 5) is 121. The van der Waals surface area contributed by atoms with Crippen molar-refractivity contribution in [3.63, 3.8) is 0 Å². The summed E-state index contributed by atoms with van der Waals surface area (Å²) in [6.45, 7) is 14.7. The summed E-state index contributed by atoms with van der Waals surface area (Å²) in [5.41, 5.74) is 15.3. The Balaban J connectivity index is -0.00000492. The van der Waals surface area contributed by atoms with Crippen molar-refractivity contribution in [1.82, 2.24) is 37.2 Å². The fraction of sp³-hybridized carbons (Fsp3) is 0.674. The summed E-state index contributed by atoms with van der Waals surface area (Å²) in [7, 11) is 0. The van der Waals surface area contributed by atoms with Crippen LogP contribution in [0.4, 0.5) is 17.1 Å². The molecule has 0 spiro atoms. The number of hydrogen-bond donors (Lipinski definition) is 11. The van der Waals surface area contributed by atoms with Gasteiger partial charge in [-0.3, -0.25) is 58.6 Å². The van der Waals surface area contributed by atoms with Gasteiger partial charge in [0.25, 0.3) is 11.4 Å². The lowest BCUT2D eigenvalue weighted by Crippen LogP contribution is -2.55. The molecule has 4 atom stereocenters. The first-order valence-corrected chi connectivity index (χ1v) is 23.1. The summed E-state index contributed by atoms with van der Waals surface area (Å²) in [5.74, 6) is -5.97. The van der Waals surface area contributed by atoms with Gasteiger partial charge in [0.15, 0.2) is 0 Å². The van der Waals surface area contributed by atoms with Crippen LogP contribution in [0.2, 0.25) is 0 Å². The van der Waals surface area contributed by atoms with Crippen LogP contribution in [0.5, 0.6) is 0 Å². The molecule has 388 valence electrons. The minimum Gasteiger partial charge on any atom is -0.379 e. The van der Waals surface area contributed by atoms with Crippen LogP contribution in [0, 0.1) is 26.1 Å². The topological polar surface area (TPSA) is 397 Å². The molecule has 0 fully saturated rings. The predicted molar refractivity (Wildman–Crippen MR) is 258 cm³/mol. The second-order valence-corrected chi connectivity index (χ2v) is 14.9. The monoisotopic (exact) mass is 970 g/mol. The number of nitrogens with two attached hydrogens (primary N) is 3. The van der Waals surface area contributed by atoms with Crippen LogP contribution in [-0.4, -0.2) is 121 Å². The highest BCUT2D eigenvalue weighted by Gasteiger charge is 2.28. The van der Waals surface area contributed by atoms with E-state index in [1.807, 2.05) is 13.8 Å². The average Bonchev–Trinajstić information content (AvgIpc) is 3.31. The zero-order valence-electron chi connectivity index (χ0n) is 41.1. The van der Waals surface area contributed by atoms with E-state index in [2.05, 4.69) is 70.2 Å². The number of nitrogens with zero attached hydrogens (tertiary/aromatic N) is 2. The van der Waals surface area contributed by atoms with E-state index in [1.54, 1.807) is 13.8 Å². The van der Waals surface area contributed by atoms with Crippen molar-refractivity contribution in [3.8, 4) is 0 Å². The zero-order chi connectivity index (χ0) is 52.6. The van der Waals surface area contributed by atoms with Gasteiger partial charge in [0.05, 0.1) is 42.1 Å². The Hall–Kier alpha value is -6.50. The number of nitro groups is 2. The summed E-state index contributed by atoms with van der Waals surface area (Å²) in [5, 5.41) is 42.2. The van der Waals surface area contributed by atoms with Gasteiger partial charge in [-0.05, 0) is 57.1 Å². The molecule has 1 aromatic rings. The molecule has 0 aliphatic heterocycles. The minimum atomic E-state index is -1.26. The second kappa shape index (κ2) is 40.7. The van der Waals surface area contributed by atoms with Crippen molar-refractivity contribution in [1.29, 1.82) is 0 Å². The van der Waals surface area contributed by atoms with Crippen LogP contribution >= 0.6 is 0 Å². The van der Waals surface area contributed by atoms with Gasteiger partial charge >= 0.3 is 0 Å². The first kappa shape index (κ1) is 65.8. The second-order valence-electron chi connectivity index (χ2n) is 14.9. The molecule has 0 bridgehead atoms. The molecular formula is C43H79N13O12. The molecule has 25 heteroatoms. The number of primary amides is 1. The SMILES string of the molecule is CC.CCC.CCC.CCC(C)C(NC(=O)CNC(=O)C(CCCCN)NC(=O)CNC(=O)[C@H](CCC(=O)NCCCCNc1ccc([N+](=O)[O-])cc1[N+](=O)[O-])NC(=O)CN)C(=O)NCC(N)=O. The van der Waals surface area contributed by atoms with Crippen LogP contribution in [-0.2, 0) is 38.4 Å². The molecule has 0 saturated carbocycles. The van der Waals surface area contributed by atoms with E-state index in [4.69, 9.17) is 17.2 Å². The van der Waals surface area contributed by atoms with E-state index in [1.165, 1.54) is 18.9 Å². The fourth-order valence-corrected chi connectivity index (χ4v) is 5.32. The highest BCUT2D eigenvalue weighted by atomic mass is 16.6. The van der Waals surface area contributed by atoms with Crippen LogP contribution < -0.4 is 59.7 Å². The summed E-state index contributed by atoms with van der Waals surface area (Å²) in [6.07, 6.45) is 4.57. The largest absolute Gasteiger partial charge is 0.379 e. The quantitative estimate of drug-likeness (QED) is 0.0290. The lowest BCUT2D eigenvalue weighted by molar-refractivity contribution is -0.393. The Morgan fingerprint density at radius 2 is 1.15 bits per heavy atom. The van der Waals surface area contributed by atoms with E-state index in [0.29, 0.717) is 38.6 Å². The normalized spacial score (nSPS) is 11.7. The number of nitrogens with one attached hydrogen (secondary N) is 8. The van der Waals surface area contributed by atoms with Crippen molar-refractivity contribution in [2.45, 2.75) is 138 Å². The Morgan fingerprint density at radius 3 is 1.65 bits per heavy atom. The summed E-state index contributed by atoms with van der Waals surface area (Å²) < 4.78 is 0. The first-order chi connectivity index (χ1) is 32.3. The molecule has 0 radical (unpaired) electrons. The van der Waals surface area contributed by atoms with Gasteiger partial charge in [-0.15, -0.1) is 0 Å². The van der Waals surface area contributed by atoms with Gasteiger partial charge in [0.2, 0.25) is 47.3 Å². The van der Waals surface area contributed by atoms with E-state index < -0.39 is 113 Å². The molecule has 0 aliphatic carbocycles. The third kappa shape index (κ3) is 31.4. The Bertz CT molecular complexity index is 1720. The predicted octanol–water partition coefficient (Wildman–Crippen LogP) is 0.872. The van der Waals surface area contributed by atoms with Crippen molar-refractivity contribution >= 4 is 64.3 Å². The molecular weight excluding hydrogens is 891 g/mol. The maximum atomic E-state index is 13.1. The maximum absolute atomic E-state index is 13.1. The van der Waals surface area contributed by atoms with Gasteiger partial charge in [0.1, 0.15) is 23.8 Å². The maximum Gasteiger partial charge on any atom is 0.299 e. The third-order valence-corrected chi connectivity index (χ3v) is 8.82. The van der Waals surface area contributed by atoms with Gasteiger partial charge in [-0.25, -0.2) is 0 Å². The smallest absolute Gasteiger partial charge is 0.299 e. The Labute approximate surface area is 399 Å². The minimum absolute atomic E-state index is 0.0990. The third-order valence-electron chi connectivity index (χ3n) is 8.82. The molecule has 0 aromatic heterocycles. The van der Waals surface area contributed by atoms with Crippen LogP contribution in [0.1, 0.15) is 120 Å². The lowest BCUT2D eigenvalue weighted by Gasteiger charge is -2.24. The van der Waals surface area contributed by atoms with Crippen molar-refractivity contribution in [2.75, 3.05) is 51.1 Å². The Morgan fingerprint density at radius 1 is 0.632 bits per heavy atom. The molecule has 25 nitrogen and oxygen atoms in total.